The van der Waals surface area contributed by atoms with Gasteiger partial charge in [-0.1, -0.05) is 36.6 Å². The van der Waals surface area contributed by atoms with Crippen LogP contribution in [0.5, 0.6) is 0 Å². The number of hydrogen-bond donors (Lipinski definition) is 1. The van der Waals surface area contributed by atoms with E-state index in [1.807, 2.05) is 25.3 Å². The van der Waals surface area contributed by atoms with Crippen molar-refractivity contribution in [1.82, 2.24) is 5.32 Å². The van der Waals surface area contributed by atoms with E-state index in [-0.39, 0.29) is 0 Å². The van der Waals surface area contributed by atoms with Crippen molar-refractivity contribution in [3.63, 3.8) is 0 Å². The molecule has 0 aliphatic heterocycles. The van der Waals surface area contributed by atoms with E-state index in [1.54, 1.807) is 0 Å². The Hall–Kier alpha value is -0.790. The second kappa shape index (κ2) is 8.34. The van der Waals surface area contributed by atoms with Gasteiger partial charge in [0.2, 0.25) is 0 Å². The highest BCUT2D eigenvalue weighted by Gasteiger charge is 2.11. The maximum absolute atomic E-state index is 6.00. The average molecular weight is 266 g/mol. The standard InChI is InChI=1S/C16H24ClN/c1-4-5-6-7-8-9-16(18-3)15-11-10-14(17)12-13(15)2/h4,10-12,16,18H,1,5-9H2,2-3H3. The van der Waals surface area contributed by atoms with Crippen LogP contribution in [0.25, 0.3) is 0 Å². The lowest BCUT2D eigenvalue weighted by atomic mass is 9.96. The molecule has 1 aromatic rings. The maximum Gasteiger partial charge on any atom is 0.0408 e. The first-order valence-corrected chi connectivity index (χ1v) is 7.11. The molecule has 0 fully saturated rings. The Morgan fingerprint density at radius 2 is 2.11 bits per heavy atom. The first-order chi connectivity index (χ1) is 8.69. The molecule has 18 heavy (non-hydrogen) atoms. The quantitative estimate of drug-likeness (QED) is 0.513. The second-order valence-electron chi connectivity index (χ2n) is 4.77. The summed E-state index contributed by atoms with van der Waals surface area (Å²) < 4.78 is 0. The van der Waals surface area contributed by atoms with Gasteiger partial charge < -0.3 is 5.32 Å². The molecule has 1 aromatic carbocycles. The minimum atomic E-state index is 0.436. The van der Waals surface area contributed by atoms with Gasteiger partial charge in [-0.05, 0) is 56.5 Å². The second-order valence-corrected chi connectivity index (χ2v) is 5.21. The zero-order chi connectivity index (χ0) is 13.4. The topological polar surface area (TPSA) is 12.0 Å². The molecular weight excluding hydrogens is 242 g/mol. The highest BCUT2D eigenvalue weighted by Crippen LogP contribution is 2.25. The molecule has 0 radical (unpaired) electrons. The lowest BCUT2D eigenvalue weighted by Gasteiger charge is -2.19. The number of allylic oxidation sites excluding steroid dienone is 1. The van der Waals surface area contributed by atoms with Crippen LogP contribution in [0.15, 0.2) is 30.9 Å². The van der Waals surface area contributed by atoms with Crippen LogP contribution in [0.1, 0.15) is 49.3 Å². The van der Waals surface area contributed by atoms with Crippen molar-refractivity contribution in [2.24, 2.45) is 0 Å². The van der Waals surface area contributed by atoms with E-state index in [4.69, 9.17) is 11.6 Å². The van der Waals surface area contributed by atoms with Crippen LogP contribution in [0.2, 0.25) is 5.02 Å². The van der Waals surface area contributed by atoms with Gasteiger partial charge >= 0.3 is 0 Å². The number of benzene rings is 1. The molecule has 2 heteroatoms. The van der Waals surface area contributed by atoms with Gasteiger partial charge in [0, 0.05) is 11.1 Å². The van der Waals surface area contributed by atoms with Crippen LogP contribution in [-0.2, 0) is 0 Å². The first kappa shape index (κ1) is 15.3. The Morgan fingerprint density at radius 3 is 2.72 bits per heavy atom. The van der Waals surface area contributed by atoms with Gasteiger partial charge in [0.05, 0.1) is 0 Å². The monoisotopic (exact) mass is 265 g/mol. The van der Waals surface area contributed by atoms with Crippen molar-refractivity contribution in [3.8, 4) is 0 Å². The number of rotatable bonds is 8. The zero-order valence-electron chi connectivity index (χ0n) is 11.5. The van der Waals surface area contributed by atoms with Gasteiger partial charge in [-0.15, -0.1) is 6.58 Å². The van der Waals surface area contributed by atoms with E-state index in [2.05, 4.69) is 24.9 Å². The Balaban J connectivity index is 2.52. The van der Waals surface area contributed by atoms with Crippen molar-refractivity contribution in [2.75, 3.05) is 7.05 Å². The van der Waals surface area contributed by atoms with Gasteiger partial charge in [0.25, 0.3) is 0 Å². The SMILES string of the molecule is C=CCCCCCC(NC)c1ccc(Cl)cc1C. The molecule has 1 unspecified atom stereocenters. The summed E-state index contributed by atoms with van der Waals surface area (Å²) in [6.45, 7) is 5.88. The molecule has 1 nitrogen and oxygen atoms in total. The van der Waals surface area contributed by atoms with Gasteiger partial charge in [0.15, 0.2) is 0 Å². The van der Waals surface area contributed by atoms with Crippen LogP contribution >= 0.6 is 11.6 Å². The lowest BCUT2D eigenvalue weighted by molar-refractivity contribution is 0.506. The summed E-state index contributed by atoms with van der Waals surface area (Å²) in [4.78, 5) is 0. The summed E-state index contributed by atoms with van der Waals surface area (Å²) in [7, 11) is 2.03. The normalized spacial score (nSPS) is 12.4. The van der Waals surface area contributed by atoms with Crippen molar-refractivity contribution >= 4 is 11.6 Å². The number of hydrogen-bond acceptors (Lipinski definition) is 1. The number of halogens is 1. The van der Waals surface area contributed by atoms with E-state index >= 15 is 0 Å². The number of nitrogens with one attached hydrogen (secondary N) is 1. The van der Waals surface area contributed by atoms with Gasteiger partial charge in [0.1, 0.15) is 0 Å². The minimum Gasteiger partial charge on any atom is -0.313 e. The molecular formula is C16H24ClN. The molecule has 0 spiro atoms. The Labute approximate surface area is 116 Å². The van der Waals surface area contributed by atoms with E-state index in [9.17, 15) is 0 Å². The van der Waals surface area contributed by atoms with Crippen molar-refractivity contribution < 1.29 is 0 Å². The predicted octanol–water partition coefficient (Wildman–Crippen LogP) is 5.05. The van der Waals surface area contributed by atoms with E-state index in [0.29, 0.717) is 6.04 Å². The van der Waals surface area contributed by atoms with Crippen LogP contribution in [-0.4, -0.2) is 7.05 Å². The number of unbranched alkanes of at least 4 members (excludes halogenated alkanes) is 3. The fraction of sp³-hybridized carbons (Fsp3) is 0.500. The third-order valence-electron chi connectivity index (χ3n) is 3.36. The van der Waals surface area contributed by atoms with Crippen LogP contribution < -0.4 is 5.32 Å². The van der Waals surface area contributed by atoms with E-state index < -0.39 is 0 Å². The molecule has 0 amide bonds. The maximum atomic E-state index is 6.00. The number of aryl methyl sites for hydroxylation is 1. The molecule has 1 rings (SSSR count). The van der Waals surface area contributed by atoms with Crippen molar-refractivity contribution in [2.45, 2.75) is 45.1 Å². The van der Waals surface area contributed by atoms with Gasteiger partial charge in [-0.2, -0.15) is 0 Å². The molecule has 0 aliphatic rings. The van der Waals surface area contributed by atoms with Gasteiger partial charge in [-0.25, -0.2) is 0 Å². The fourth-order valence-electron chi connectivity index (χ4n) is 2.30. The first-order valence-electron chi connectivity index (χ1n) is 6.73. The lowest BCUT2D eigenvalue weighted by Crippen LogP contribution is -2.17. The molecule has 0 aromatic heterocycles. The summed E-state index contributed by atoms with van der Waals surface area (Å²) in [6.07, 6.45) is 8.08. The Morgan fingerprint density at radius 1 is 1.33 bits per heavy atom. The Kier molecular flexibility index (Phi) is 7.07. The smallest absolute Gasteiger partial charge is 0.0408 e. The van der Waals surface area contributed by atoms with Crippen molar-refractivity contribution in [3.05, 3.63) is 47.0 Å². The van der Waals surface area contributed by atoms with Gasteiger partial charge in [-0.3, -0.25) is 0 Å². The Bertz CT molecular complexity index is 373. The molecule has 1 atom stereocenters. The molecule has 1 N–H and O–H groups in total. The van der Waals surface area contributed by atoms with Crippen molar-refractivity contribution in [1.29, 1.82) is 0 Å². The fourth-order valence-corrected chi connectivity index (χ4v) is 2.53. The third-order valence-corrected chi connectivity index (χ3v) is 3.59. The van der Waals surface area contributed by atoms with Crippen LogP contribution in [0.3, 0.4) is 0 Å². The van der Waals surface area contributed by atoms with E-state index in [0.717, 1.165) is 11.4 Å². The molecule has 100 valence electrons. The summed E-state index contributed by atoms with van der Waals surface area (Å²) in [6, 6.07) is 6.60. The zero-order valence-corrected chi connectivity index (χ0v) is 12.3. The largest absolute Gasteiger partial charge is 0.313 e. The van der Waals surface area contributed by atoms with Crippen LogP contribution in [0, 0.1) is 6.92 Å². The molecule has 0 bridgehead atoms. The minimum absolute atomic E-state index is 0.436. The summed E-state index contributed by atoms with van der Waals surface area (Å²) >= 11 is 6.00. The molecule has 0 saturated heterocycles. The predicted molar refractivity (Wildman–Crippen MR) is 81.3 cm³/mol. The third kappa shape index (κ3) is 4.83. The molecule has 0 heterocycles. The van der Waals surface area contributed by atoms with E-state index in [1.165, 1.54) is 36.8 Å². The highest BCUT2D eigenvalue weighted by atomic mass is 35.5. The average Bonchev–Trinajstić information content (AvgIpc) is 2.35. The van der Waals surface area contributed by atoms with Crippen LogP contribution in [0.4, 0.5) is 0 Å². The summed E-state index contributed by atoms with van der Waals surface area (Å²) in [5.41, 5.74) is 2.64. The summed E-state index contributed by atoms with van der Waals surface area (Å²) in [5.74, 6) is 0. The highest BCUT2D eigenvalue weighted by molar-refractivity contribution is 6.30. The molecule has 0 saturated carbocycles. The summed E-state index contributed by atoms with van der Waals surface area (Å²) in [5, 5.41) is 4.22. The molecule has 0 aliphatic carbocycles.